The van der Waals surface area contributed by atoms with Gasteiger partial charge in [0.05, 0.1) is 12.7 Å². The van der Waals surface area contributed by atoms with E-state index < -0.39 is 0 Å². The molecule has 0 unspecified atom stereocenters. The Balaban J connectivity index is 1.53. The SMILES string of the molecule is Cc1cnn(CCN2CCN(c3cc(Cl)ccc3C)CC2)c1. The van der Waals surface area contributed by atoms with Gasteiger partial charge in [0.1, 0.15) is 0 Å². The normalized spacial score (nSPS) is 16.2. The predicted octanol–water partition coefficient (Wildman–Crippen LogP) is 2.98. The minimum absolute atomic E-state index is 0.817. The molecule has 0 amide bonds. The van der Waals surface area contributed by atoms with E-state index in [2.05, 4.69) is 47.1 Å². The van der Waals surface area contributed by atoms with Crippen LogP contribution >= 0.6 is 11.6 Å². The molecule has 1 saturated heterocycles. The monoisotopic (exact) mass is 318 g/mol. The number of aromatic nitrogens is 2. The predicted molar refractivity (Wildman–Crippen MR) is 91.8 cm³/mol. The number of hydrogen-bond acceptors (Lipinski definition) is 3. The molecule has 1 aromatic heterocycles. The maximum atomic E-state index is 6.14. The highest BCUT2D eigenvalue weighted by Crippen LogP contribution is 2.25. The molecule has 0 N–H and O–H groups in total. The van der Waals surface area contributed by atoms with E-state index in [1.54, 1.807) is 0 Å². The van der Waals surface area contributed by atoms with Gasteiger partial charge in [-0.1, -0.05) is 17.7 Å². The van der Waals surface area contributed by atoms with Crippen LogP contribution in [0.2, 0.25) is 5.02 Å². The van der Waals surface area contributed by atoms with Crippen molar-refractivity contribution in [3.05, 3.63) is 46.7 Å². The van der Waals surface area contributed by atoms with Crippen molar-refractivity contribution in [2.75, 3.05) is 37.6 Å². The van der Waals surface area contributed by atoms with Crippen LogP contribution in [-0.4, -0.2) is 47.4 Å². The van der Waals surface area contributed by atoms with Crippen LogP contribution in [0, 0.1) is 13.8 Å². The molecular weight excluding hydrogens is 296 g/mol. The Labute approximate surface area is 137 Å². The van der Waals surface area contributed by atoms with Gasteiger partial charge in [-0.15, -0.1) is 0 Å². The highest BCUT2D eigenvalue weighted by Gasteiger charge is 2.18. The number of anilines is 1. The third kappa shape index (κ3) is 3.62. The second-order valence-electron chi connectivity index (χ2n) is 6.04. The fraction of sp³-hybridized carbons (Fsp3) is 0.471. The topological polar surface area (TPSA) is 24.3 Å². The maximum Gasteiger partial charge on any atom is 0.0536 e. The fourth-order valence-corrected chi connectivity index (χ4v) is 3.14. The summed E-state index contributed by atoms with van der Waals surface area (Å²) in [4.78, 5) is 4.95. The molecule has 1 aromatic carbocycles. The maximum absolute atomic E-state index is 6.14. The smallest absolute Gasteiger partial charge is 0.0536 e. The number of rotatable bonds is 4. The summed E-state index contributed by atoms with van der Waals surface area (Å²) < 4.78 is 2.03. The van der Waals surface area contributed by atoms with E-state index in [1.165, 1.54) is 16.8 Å². The standard InChI is InChI=1S/C17H23ClN4/c1-14-12-19-22(13-14)10-7-20-5-8-21(9-6-20)17-11-16(18)4-3-15(17)2/h3-4,11-13H,5-10H2,1-2H3. The van der Waals surface area contributed by atoms with Gasteiger partial charge < -0.3 is 4.90 Å². The first-order valence-electron chi connectivity index (χ1n) is 7.84. The molecule has 3 rings (SSSR count). The van der Waals surface area contributed by atoms with Crippen molar-refractivity contribution < 1.29 is 0 Å². The first-order valence-corrected chi connectivity index (χ1v) is 8.22. The molecule has 1 aliphatic heterocycles. The Morgan fingerprint density at radius 2 is 1.86 bits per heavy atom. The van der Waals surface area contributed by atoms with Gasteiger partial charge in [-0.3, -0.25) is 9.58 Å². The van der Waals surface area contributed by atoms with E-state index >= 15 is 0 Å². The van der Waals surface area contributed by atoms with Crippen molar-refractivity contribution in [1.82, 2.24) is 14.7 Å². The number of hydrogen-bond donors (Lipinski definition) is 0. The third-order valence-electron chi connectivity index (χ3n) is 4.29. The van der Waals surface area contributed by atoms with E-state index in [1.807, 2.05) is 16.9 Å². The molecule has 0 aliphatic carbocycles. The Kier molecular flexibility index (Phi) is 4.69. The van der Waals surface area contributed by atoms with Crippen LogP contribution in [0.5, 0.6) is 0 Å². The average Bonchev–Trinajstić information content (AvgIpc) is 2.94. The zero-order chi connectivity index (χ0) is 15.5. The highest BCUT2D eigenvalue weighted by atomic mass is 35.5. The molecule has 0 spiro atoms. The number of halogens is 1. The van der Waals surface area contributed by atoms with Crippen molar-refractivity contribution >= 4 is 17.3 Å². The van der Waals surface area contributed by atoms with E-state index in [9.17, 15) is 0 Å². The van der Waals surface area contributed by atoms with E-state index in [0.29, 0.717) is 0 Å². The molecular formula is C17H23ClN4. The summed E-state index contributed by atoms with van der Waals surface area (Å²) in [6.45, 7) is 10.5. The second-order valence-corrected chi connectivity index (χ2v) is 6.48. The van der Waals surface area contributed by atoms with Crippen molar-refractivity contribution in [1.29, 1.82) is 0 Å². The quantitative estimate of drug-likeness (QED) is 0.866. The Bertz CT molecular complexity index is 629. The molecule has 22 heavy (non-hydrogen) atoms. The highest BCUT2D eigenvalue weighted by molar-refractivity contribution is 6.30. The van der Waals surface area contributed by atoms with Crippen LogP contribution in [0.3, 0.4) is 0 Å². The van der Waals surface area contributed by atoms with Crippen molar-refractivity contribution in [3.63, 3.8) is 0 Å². The van der Waals surface area contributed by atoms with Gasteiger partial charge in [0.15, 0.2) is 0 Å². The van der Waals surface area contributed by atoms with Crippen molar-refractivity contribution in [2.24, 2.45) is 0 Å². The zero-order valence-electron chi connectivity index (χ0n) is 13.3. The lowest BCUT2D eigenvalue weighted by molar-refractivity contribution is 0.244. The fourth-order valence-electron chi connectivity index (χ4n) is 2.97. The number of nitrogens with zero attached hydrogens (tertiary/aromatic N) is 4. The molecule has 1 aliphatic rings. The Morgan fingerprint density at radius 3 is 2.55 bits per heavy atom. The molecule has 0 bridgehead atoms. The molecule has 1 fully saturated rings. The molecule has 4 nitrogen and oxygen atoms in total. The summed E-state index contributed by atoms with van der Waals surface area (Å²) in [6, 6.07) is 6.14. The summed E-state index contributed by atoms with van der Waals surface area (Å²) >= 11 is 6.14. The van der Waals surface area contributed by atoms with E-state index in [4.69, 9.17) is 11.6 Å². The summed E-state index contributed by atoms with van der Waals surface area (Å²) in [5.74, 6) is 0. The second kappa shape index (κ2) is 6.71. The lowest BCUT2D eigenvalue weighted by Gasteiger charge is -2.36. The van der Waals surface area contributed by atoms with Crippen LogP contribution in [0.1, 0.15) is 11.1 Å². The van der Waals surface area contributed by atoms with Crippen molar-refractivity contribution in [2.45, 2.75) is 20.4 Å². The van der Waals surface area contributed by atoms with Gasteiger partial charge in [0, 0.05) is 49.6 Å². The average molecular weight is 319 g/mol. The molecule has 118 valence electrons. The minimum Gasteiger partial charge on any atom is -0.369 e. The largest absolute Gasteiger partial charge is 0.369 e. The summed E-state index contributed by atoms with van der Waals surface area (Å²) in [5, 5.41) is 5.17. The number of aryl methyl sites for hydroxylation is 2. The van der Waals surface area contributed by atoms with Gasteiger partial charge in [-0.25, -0.2) is 0 Å². The van der Waals surface area contributed by atoms with Crippen LogP contribution in [-0.2, 0) is 6.54 Å². The van der Waals surface area contributed by atoms with E-state index in [0.717, 1.165) is 44.3 Å². The van der Waals surface area contributed by atoms with Crippen LogP contribution in [0.15, 0.2) is 30.6 Å². The first-order chi connectivity index (χ1) is 10.6. The molecule has 2 aromatic rings. The Morgan fingerprint density at radius 1 is 1.09 bits per heavy atom. The summed E-state index contributed by atoms with van der Waals surface area (Å²) in [6.07, 6.45) is 4.02. The zero-order valence-corrected chi connectivity index (χ0v) is 14.1. The van der Waals surface area contributed by atoms with Crippen LogP contribution in [0.25, 0.3) is 0 Å². The van der Waals surface area contributed by atoms with Crippen LogP contribution in [0.4, 0.5) is 5.69 Å². The lowest BCUT2D eigenvalue weighted by atomic mass is 10.1. The summed E-state index contributed by atoms with van der Waals surface area (Å²) in [5.41, 5.74) is 3.79. The summed E-state index contributed by atoms with van der Waals surface area (Å²) in [7, 11) is 0. The number of benzene rings is 1. The molecule has 0 atom stereocenters. The van der Waals surface area contributed by atoms with E-state index in [-0.39, 0.29) is 0 Å². The Hall–Kier alpha value is -1.52. The van der Waals surface area contributed by atoms with Gasteiger partial charge in [0.2, 0.25) is 0 Å². The number of piperazine rings is 1. The molecule has 0 saturated carbocycles. The minimum atomic E-state index is 0.817. The van der Waals surface area contributed by atoms with Gasteiger partial charge in [-0.2, -0.15) is 5.10 Å². The third-order valence-corrected chi connectivity index (χ3v) is 4.53. The molecule has 5 heteroatoms. The van der Waals surface area contributed by atoms with Crippen LogP contribution < -0.4 is 4.90 Å². The van der Waals surface area contributed by atoms with Gasteiger partial charge in [-0.05, 0) is 37.1 Å². The lowest BCUT2D eigenvalue weighted by Crippen LogP contribution is -2.47. The molecule has 2 heterocycles. The first kappa shape index (κ1) is 15.4. The van der Waals surface area contributed by atoms with Crippen molar-refractivity contribution in [3.8, 4) is 0 Å². The molecule has 0 radical (unpaired) electrons. The van der Waals surface area contributed by atoms with Gasteiger partial charge >= 0.3 is 0 Å². The van der Waals surface area contributed by atoms with Gasteiger partial charge in [0.25, 0.3) is 0 Å².